The first-order chi connectivity index (χ1) is 6.89. The molecule has 0 aliphatic carbocycles. The fraction of sp³-hybridized carbons (Fsp3) is 0.300. The predicted molar refractivity (Wildman–Crippen MR) is 56.4 cm³/mol. The van der Waals surface area contributed by atoms with Crippen LogP contribution < -0.4 is 5.73 Å². The molecule has 0 aliphatic rings. The zero-order valence-electron chi connectivity index (χ0n) is 7.97. The average molecular weight is 275 g/mol. The summed E-state index contributed by atoms with van der Waals surface area (Å²) in [4.78, 5) is 0. The molecule has 1 unspecified atom stereocenters. The summed E-state index contributed by atoms with van der Waals surface area (Å²) in [6.07, 6.45) is -2.69. The minimum atomic E-state index is -2.69. The van der Waals surface area contributed by atoms with Gasteiger partial charge in [-0.1, -0.05) is 15.9 Å². The van der Waals surface area contributed by atoms with Gasteiger partial charge < -0.3 is 5.73 Å². The molecule has 0 saturated heterocycles. The Balaban J connectivity index is 3.31. The second kappa shape index (κ2) is 4.25. The largest absolute Gasteiger partial charge is 0.317 e. The molecule has 0 spiro atoms. The number of nitrogens with two attached hydrogens (primary N) is 1. The number of rotatable bonds is 2. The lowest BCUT2D eigenvalue weighted by molar-refractivity contribution is 0.0621. The SMILES string of the molecule is CC(N)(c1cc(C#N)ccc1Br)C(F)F. The van der Waals surface area contributed by atoms with Crippen molar-refractivity contribution in [3.63, 3.8) is 0 Å². The molecule has 1 rings (SSSR count). The van der Waals surface area contributed by atoms with Gasteiger partial charge in [0.25, 0.3) is 6.43 Å². The first-order valence-electron chi connectivity index (χ1n) is 4.16. The summed E-state index contributed by atoms with van der Waals surface area (Å²) < 4.78 is 25.8. The maximum atomic E-state index is 12.7. The van der Waals surface area contributed by atoms with Crippen molar-refractivity contribution >= 4 is 15.9 Å². The van der Waals surface area contributed by atoms with Gasteiger partial charge in [0.15, 0.2) is 0 Å². The summed E-state index contributed by atoms with van der Waals surface area (Å²) in [5.74, 6) is 0. The van der Waals surface area contributed by atoms with Gasteiger partial charge in [0.05, 0.1) is 11.6 Å². The molecule has 0 amide bonds. The monoisotopic (exact) mass is 274 g/mol. The zero-order chi connectivity index (χ0) is 11.6. The van der Waals surface area contributed by atoms with Gasteiger partial charge in [0.2, 0.25) is 0 Å². The molecular formula is C10H9BrF2N2. The number of nitrogens with zero attached hydrogens (tertiary/aromatic N) is 1. The number of hydrogen-bond acceptors (Lipinski definition) is 2. The fourth-order valence-corrected chi connectivity index (χ4v) is 1.80. The summed E-state index contributed by atoms with van der Waals surface area (Å²) in [6.45, 7) is 1.24. The van der Waals surface area contributed by atoms with Gasteiger partial charge >= 0.3 is 0 Å². The van der Waals surface area contributed by atoms with E-state index in [4.69, 9.17) is 11.0 Å². The van der Waals surface area contributed by atoms with E-state index in [-0.39, 0.29) is 5.56 Å². The Hall–Kier alpha value is -0.990. The smallest absolute Gasteiger partial charge is 0.260 e. The lowest BCUT2D eigenvalue weighted by atomic mass is 9.92. The quantitative estimate of drug-likeness (QED) is 0.902. The van der Waals surface area contributed by atoms with Crippen molar-refractivity contribution in [2.45, 2.75) is 18.9 Å². The Kier molecular flexibility index (Phi) is 3.42. The first-order valence-corrected chi connectivity index (χ1v) is 4.96. The third kappa shape index (κ3) is 2.33. The summed E-state index contributed by atoms with van der Waals surface area (Å²) in [7, 11) is 0. The predicted octanol–water partition coefficient (Wildman–Crippen LogP) is 2.76. The molecule has 0 heterocycles. The van der Waals surface area contributed by atoms with E-state index in [1.165, 1.54) is 19.1 Å². The van der Waals surface area contributed by atoms with E-state index < -0.39 is 12.0 Å². The van der Waals surface area contributed by atoms with Crippen LogP contribution in [0.1, 0.15) is 18.1 Å². The van der Waals surface area contributed by atoms with E-state index in [1.807, 2.05) is 6.07 Å². The lowest BCUT2D eigenvalue weighted by Crippen LogP contribution is -2.41. The summed E-state index contributed by atoms with van der Waals surface area (Å²) in [6, 6.07) is 6.34. The van der Waals surface area contributed by atoms with Gasteiger partial charge in [-0.25, -0.2) is 8.78 Å². The van der Waals surface area contributed by atoms with Crippen molar-refractivity contribution in [3.8, 4) is 6.07 Å². The molecule has 5 heteroatoms. The molecule has 0 saturated carbocycles. The molecule has 1 atom stereocenters. The van der Waals surface area contributed by atoms with E-state index in [2.05, 4.69) is 15.9 Å². The molecule has 1 aromatic carbocycles. The van der Waals surface area contributed by atoms with Crippen molar-refractivity contribution < 1.29 is 8.78 Å². The molecule has 0 aliphatic heterocycles. The van der Waals surface area contributed by atoms with Crippen molar-refractivity contribution in [3.05, 3.63) is 33.8 Å². The third-order valence-corrected chi connectivity index (χ3v) is 2.82. The van der Waals surface area contributed by atoms with E-state index in [1.54, 1.807) is 6.07 Å². The Morgan fingerprint density at radius 1 is 1.53 bits per heavy atom. The third-order valence-electron chi connectivity index (χ3n) is 2.13. The van der Waals surface area contributed by atoms with Crippen LogP contribution in [-0.2, 0) is 5.54 Å². The van der Waals surface area contributed by atoms with Gasteiger partial charge in [-0.3, -0.25) is 0 Å². The molecular weight excluding hydrogens is 266 g/mol. The van der Waals surface area contributed by atoms with Crippen molar-refractivity contribution in [2.24, 2.45) is 5.73 Å². The summed E-state index contributed by atoms with van der Waals surface area (Å²) in [5, 5.41) is 8.66. The first kappa shape index (κ1) is 12.1. The lowest BCUT2D eigenvalue weighted by Gasteiger charge is -2.25. The number of nitriles is 1. The fourth-order valence-electron chi connectivity index (χ4n) is 1.13. The Morgan fingerprint density at radius 3 is 2.60 bits per heavy atom. The van der Waals surface area contributed by atoms with Crippen molar-refractivity contribution in [1.29, 1.82) is 5.26 Å². The molecule has 0 radical (unpaired) electrons. The van der Waals surface area contributed by atoms with Crippen molar-refractivity contribution in [1.82, 2.24) is 0 Å². The molecule has 1 aromatic rings. The molecule has 0 fully saturated rings. The van der Waals surface area contributed by atoms with E-state index in [0.717, 1.165) is 0 Å². The van der Waals surface area contributed by atoms with Crippen LogP contribution in [-0.4, -0.2) is 6.43 Å². The van der Waals surface area contributed by atoms with Crippen LogP contribution in [0.25, 0.3) is 0 Å². The topological polar surface area (TPSA) is 49.8 Å². The number of alkyl halides is 2. The van der Waals surface area contributed by atoms with Crippen LogP contribution >= 0.6 is 15.9 Å². The van der Waals surface area contributed by atoms with Crippen LogP contribution in [0, 0.1) is 11.3 Å². The van der Waals surface area contributed by atoms with Crippen LogP contribution in [0.5, 0.6) is 0 Å². The maximum Gasteiger partial charge on any atom is 0.260 e. The highest BCUT2D eigenvalue weighted by molar-refractivity contribution is 9.10. The molecule has 0 aromatic heterocycles. The average Bonchev–Trinajstić information content (AvgIpc) is 2.18. The molecule has 15 heavy (non-hydrogen) atoms. The molecule has 80 valence electrons. The van der Waals surface area contributed by atoms with Crippen LogP contribution in [0.2, 0.25) is 0 Å². The Labute approximate surface area is 94.8 Å². The normalized spacial score (nSPS) is 14.7. The van der Waals surface area contributed by atoms with Crippen LogP contribution in [0.4, 0.5) is 8.78 Å². The molecule has 2 N–H and O–H groups in total. The maximum absolute atomic E-state index is 12.7. The summed E-state index contributed by atoms with van der Waals surface area (Å²) in [5.41, 5.74) is 4.30. The van der Waals surface area contributed by atoms with Gasteiger partial charge in [-0.05, 0) is 30.7 Å². The highest BCUT2D eigenvalue weighted by Gasteiger charge is 2.34. The zero-order valence-corrected chi connectivity index (χ0v) is 9.55. The van der Waals surface area contributed by atoms with Crippen molar-refractivity contribution in [2.75, 3.05) is 0 Å². The van der Waals surface area contributed by atoms with E-state index >= 15 is 0 Å². The van der Waals surface area contributed by atoms with Gasteiger partial charge in [0, 0.05) is 4.47 Å². The number of benzene rings is 1. The Bertz CT molecular complexity index is 410. The van der Waals surface area contributed by atoms with E-state index in [9.17, 15) is 8.78 Å². The minimum absolute atomic E-state index is 0.233. The molecule has 0 bridgehead atoms. The van der Waals surface area contributed by atoms with E-state index in [0.29, 0.717) is 10.0 Å². The minimum Gasteiger partial charge on any atom is -0.317 e. The second-order valence-electron chi connectivity index (χ2n) is 3.39. The van der Waals surface area contributed by atoms with Crippen LogP contribution in [0.3, 0.4) is 0 Å². The standard InChI is InChI=1S/C10H9BrF2N2/c1-10(15,9(12)13)7-4-6(5-14)2-3-8(7)11/h2-4,9H,15H2,1H3. The van der Waals surface area contributed by atoms with Gasteiger partial charge in [-0.2, -0.15) is 5.26 Å². The van der Waals surface area contributed by atoms with Crippen LogP contribution in [0.15, 0.2) is 22.7 Å². The highest BCUT2D eigenvalue weighted by atomic mass is 79.9. The summed E-state index contributed by atoms with van der Waals surface area (Å²) >= 11 is 3.14. The molecule has 2 nitrogen and oxygen atoms in total. The van der Waals surface area contributed by atoms with Gasteiger partial charge in [-0.15, -0.1) is 0 Å². The highest BCUT2D eigenvalue weighted by Crippen LogP contribution is 2.31. The number of halogens is 3. The Morgan fingerprint density at radius 2 is 2.13 bits per heavy atom. The second-order valence-corrected chi connectivity index (χ2v) is 4.24. The number of hydrogen-bond donors (Lipinski definition) is 1. The van der Waals surface area contributed by atoms with Gasteiger partial charge in [0.1, 0.15) is 5.54 Å².